The molecule has 1 heterocycles. The second-order valence-corrected chi connectivity index (χ2v) is 3.78. The van der Waals surface area contributed by atoms with E-state index in [1.165, 1.54) is 5.57 Å². The van der Waals surface area contributed by atoms with Crippen LogP contribution in [-0.4, -0.2) is 48.7 Å². The molecule has 0 aromatic heterocycles. The van der Waals surface area contributed by atoms with Crippen LogP contribution < -0.4 is 5.32 Å². The third-order valence-electron chi connectivity index (χ3n) is 2.77. The van der Waals surface area contributed by atoms with Gasteiger partial charge in [0.2, 0.25) is 5.91 Å². The van der Waals surface area contributed by atoms with Gasteiger partial charge in [0.25, 0.3) is 0 Å². The largest absolute Gasteiger partial charge is 0.394 e. The fourth-order valence-electron chi connectivity index (χ4n) is 1.25. The van der Waals surface area contributed by atoms with Crippen molar-refractivity contribution in [2.75, 3.05) is 26.7 Å². The number of nitrogens with zero attached hydrogens (tertiary/aromatic N) is 1. The van der Waals surface area contributed by atoms with Gasteiger partial charge in [0.05, 0.1) is 12.6 Å². The van der Waals surface area contributed by atoms with E-state index in [0.29, 0.717) is 0 Å². The molecule has 0 radical (unpaired) electrons. The lowest BCUT2D eigenvalue weighted by molar-refractivity contribution is -0.128. The van der Waals surface area contributed by atoms with Crippen LogP contribution in [0.2, 0.25) is 0 Å². The number of carbonyl (C=O) groups excluding carboxylic acids is 1. The van der Waals surface area contributed by atoms with E-state index in [2.05, 4.69) is 5.32 Å². The van der Waals surface area contributed by atoms with Crippen LogP contribution in [0.3, 0.4) is 0 Å². The topological polar surface area (TPSA) is 52.6 Å². The number of rotatable bonds is 3. The minimum atomic E-state index is -0.119. The molecule has 1 rings (SSSR count). The minimum Gasteiger partial charge on any atom is -0.394 e. The number of hydrogen-bond acceptors (Lipinski definition) is 3. The number of likely N-dealkylation sites (N-methyl/N-ethyl adjacent to an activating group) is 1. The first-order chi connectivity index (χ1) is 6.57. The maximum absolute atomic E-state index is 11.8. The Morgan fingerprint density at radius 3 is 2.57 bits per heavy atom. The van der Waals surface area contributed by atoms with Crippen molar-refractivity contribution >= 4 is 5.91 Å². The Morgan fingerprint density at radius 1 is 1.64 bits per heavy atom. The quantitative estimate of drug-likeness (QED) is 0.615. The summed E-state index contributed by atoms with van der Waals surface area (Å²) in [5.41, 5.74) is 1.98. The van der Waals surface area contributed by atoms with Crippen molar-refractivity contribution in [3.05, 3.63) is 11.1 Å². The van der Waals surface area contributed by atoms with E-state index >= 15 is 0 Å². The molecule has 0 bridgehead atoms. The van der Waals surface area contributed by atoms with Crippen molar-refractivity contribution in [2.24, 2.45) is 0 Å². The van der Waals surface area contributed by atoms with Crippen LogP contribution in [-0.2, 0) is 4.79 Å². The molecule has 4 nitrogen and oxygen atoms in total. The van der Waals surface area contributed by atoms with Gasteiger partial charge < -0.3 is 15.3 Å². The molecule has 0 aromatic rings. The number of nitrogens with one attached hydrogen (secondary N) is 1. The molecule has 80 valence electrons. The summed E-state index contributed by atoms with van der Waals surface area (Å²) in [5.74, 6) is 0.0167. The molecule has 4 heteroatoms. The summed E-state index contributed by atoms with van der Waals surface area (Å²) < 4.78 is 0. The lowest BCUT2D eigenvalue weighted by atomic mass is 10.0. The van der Waals surface area contributed by atoms with Gasteiger partial charge in [-0.2, -0.15) is 0 Å². The predicted octanol–water partition coefficient (Wildman–Crippen LogP) is -0.255. The van der Waals surface area contributed by atoms with Crippen molar-refractivity contribution in [1.29, 1.82) is 0 Å². The summed E-state index contributed by atoms with van der Waals surface area (Å²) in [6, 6.07) is -0.119. The fraction of sp³-hybridized carbons (Fsp3) is 0.700. The van der Waals surface area contributed by atoms with Gasteiger partial charge in [0.1, 0.15) is 0 Å². The molecule has 0 aromatic carbocycles. The number of carbonyl (C=O) groups is 1. The summed E-state index contributed by atoms with van der Waals surface area (Å²) in [4.78, 5) is 13.4. The molecule has 14 heavy (non-hydrogen) atoms. The van der Waals surface area contributed by atoms with E-state index in [4.69, 9.17) is 5.11 Å². The molecule has 1 saturated heterocycles. The Hall–Kier alpha value is -0.870. The molecule has 0 saturated carbocycles. The Morgan fingerprint density at radius 2 is 2.21 bits per heavy atom. The monoisotopic (exact) mass is 198 g/mol. The summed E-state index contributed by atoms with van der Waals surface area (Å²) in [6.07, 6.45) is 0. The van der Waals surface area contributed by atoms with Crippen molar-refractivity contribution < 1.29 is 9.90 Å². The highest BCUT2D eigenvalue weighted by Crippen LogP contribution is 2.12. The van der Waals surface area contributed by atoms with Gasteiger partial charge in [-0.05, 0) is 19.4 Å². The molecule has 1 unspecified atom stereocenters. The Bertz CT molecular complexity index is 255. The van der Waals surface area contributed by atoms with Crippen molar-refractivity contribution in [1.82, 2.24) is 10.2 Å². The summed E-state index contributed by atoms with van der Waals surface area (Å²) >= 11 is 0. The second-order valence-electron chi connectivity index (χ2n) is 3.78. The van der Waals surface area contributed by atoms with E-state index in [1.54, 1.807) is 11.9 Å². The number of amides is 1. The van der Waals surface area contributed by atoms with Crippen LogP contribution in [0, 0.1) is 0 Å². The summed E-state index contributed by atoms with van der Waals surface area (Å²) in [6.45, 7) is 5.31. The first-order valence-electron chi connectivity index (χ1n) is 4.85. The molecule has 1 aliphatic heterocycles. The Kier molecular flexibility index (Phi) is 3.66. The smallest absolute Gasteiger partial charge is 0.249 e. The lowest BCUT2D eigenvalue weighted by Crippen LogP contribution is -2.41. The van der Waals surface area contributed by atoms with Gasteiger partial charge in [0, 0.05) is 25.7 Å². The van der Waals surface area contributed by atoms with Gasteiger partial charge in [0.15, 0.2) is 0 Å². The maximum Gasteiger partial charge on any atom is 0.249 e. The normalized spacial score (nSPS) is 17.3. The zero-order chi connectivity index (χ0) is 10.7. The summed E-state index contributed by atoms with van der Waals surface area (Å²) in [7, 11) is 1.72. The predicted molar refractivity (Wildman–Crippen MR) is 54.9 cm³/mol. The van der Waals surface area contributed by atoms with Crippen LogP contribution in [0.25, 0.3) is 0 Å². The standard InChI is InChI=1S/C10H18N2O2/c1-7(6-13)12(3)10(14)8(2)9-4-11-5-9/h7,11,13H,4-6H2,1-3H3. The first-order valence-corrected chi connectivity index (χ1v) is 4.85. The van der Waals surface area contributed by atoms with E-state index in [9.17, 15) is 4.79 Å². The average Bonchev–Trinajstić information content (AvgIpc) is 2.11. The van der Waals surface area contributed by atoms with Gasteiger partial charge in [-0.1, -0.05) is 0 Å². The third kappa shape index (κ3) is 2.13. The molecular weight excluding hydrogens is 180 g/mol. The SMILES string of the molecule is CC(C(=O)N(C)C(C)CO)=C1CNC1. The van der Waals surface area contributed by atoms with Crippen LogP contribution in [0.5, 0.6) is 0 Å². The minimum absolute atomic E-state index is 0.00308. The van der Waals surface area contributed by atoms with Crippen molar-refractivity contribution in [3.63, 3.8) is 0 Å². The molecule has 0 spiro atoms. The molecule has 1 fully saturated rings. The van der Waals surface area contributed by atoms with E-state index < -0.39 is 0 Å². The van der Waals surface area contributed by atoms with E-state index in [1.807, 2.05) is 13.8 Å². The van der Waals surface area contributed by atoms with Crippen LogP contribution in [0.15, 0.2) is 11.1 Å². The van der Waals surface area contributed by atoms with Crippen LogP contribution >= 0.6 is 0 Å². The molecule has 1 amide bonds. The highest BCUT2D eigenvalue weighted by atomic mass is 16.3. The average molecular weight is 198 g/mol. The van der Waals surface area contributed by atoms with Gasteiger partial charge in [-0.25, -0.2) is 0 Å². The maximum atomic E-state index is 11.8. The van der Waals surface area contributed by atoms with E-state index in [0.717, 1.165) is 18.7 Å². The highest BCUT2D eigenvalue weighted by Gasteiger charge is 2.21. The third-order valence-corrected chi connectivity index (χ3v) is 2.77. The zero-order valence-electron chi connectivity index (χ0n) is 9.00. The number of aliphatic hydroxyl groups excluding tert-OH is 1. The number of aliphatic hydroxyl groups is 1. The first kappa shape index (κ1) is 11.2. The number of hydrogen-bond donors (Lipinski definition) is 2. The van der Waals surface area contributed by atoms with Crippen molar-refractivity contribution in [3.8, 4) is 0 Å². The zero-order valence-corrected chi connectivity index (χ0v) is 9.00. The Balaban J connectivity index is 2.64. The molecule has 1 atom stereocenters. The van der Waals surface area contributed by atoms with Crippen LogP contribution in [0.4, 0.5) is 0 Å². The van der Waals surface area contributed by atoms with Crippen molar-refractivity contribution in [2.45, 2.75) is 19.9 Å². The molecule has 2 N–H and O–H groups in total. The van der Waals surface area contributed by atoms with Gasteiger partial charge in [-0.15, -0.1) is 0 Å². The molecule has 1 aliphatic rings. The Labute approximate surface area is 84.6 Å². The second kappa shape index (κ2) is 4.57. The summed E-state index contributed by atoms with van der Waals surface area (Å²) in [5, 5.41) is 12.0. The van der Waals surface area contributed by atoms with Crippen LogP contribution in [0.1, 0.15) is 13.8 Å². The fourth-order valence-corrected chi connectivity index (χ4v) is 1.25. The van der Waals surface area contributed by atoms with Gasteiger partial charge in [-0.3, -0.25) is 4.79 Å². The molecule has 0 aliphatic carbocycles. The highest BCUT2D eigenvalue weighted by molar-refractivity contribution is 5.94. The lowest BCUT2D eigenvalue weighted by Gasteiger charge is -2.27. The molecular formula is C10H18N2O2. The van der Waals surface area contributed by atoms with E-state index in [-0.39, 0.29) is 18.6 Å². The van der Waals surface area contributed by atoms with Gasteiger partial charge >= 0.3 is 0 Å².